The van der Waals surface area contributed by atoms with E-state index >= 15 is 0 Å². The Hall–Kier alpha value is -4.53. The number of Topliss-reactive ketones (excluding diaryl/α,β-unsaturated/α-hetero) is 1. The molecular formula is C34H35ClN4O4. The van der Waals surface area contributed by atoms with Crippen molar-refractivity contribution in [2.45, 2.75) is 39.4 Å². The molecule has 0 fully saturated rings. The zero-order chi connectivity index (χ0) is 30.0. The fourth-order valence-electron chi connectivity index (χ4n) is 5.29. The number of nitrogens with one attached hydrogen (secondary N) is 2. The quantitative estimate of drug-likeness (QED) is 0.290. The van der Waals surface area contributed by atoms with Crippen molar-refractivity contribution in [3.63, 3.8) is 0 Å². The van der Waals surface area contributed by atoms with E-state index in [4.69, 9.17) is 0 Å². The standard InChI is InChI=1S/C34H34N4O4.ClH/c1-21-13-14-25-9-5-6-10-27(25)28(21)19-37-30-11-7-8-12-31(30)38(20-29(34(37)42)36-32(40)22(2)35-4)33(41)26-17-15-24(16-18-26)23(3)39;/h5-18,22,29,35H,19-20H2,1-4H3,(H,36,40);1H/t22-,29-;/m0./s1. The number of rotatable bonds is 7. The molecule has 2 N–H and O–H groups in total. The van der Waals surface area contributed by atoms with Gasteiger partial charge in [-0.05, 0) is 74.0 Å². The van der Waals surface area contributed by atoms with Crippen molar-refractivity contribution in [1.82, 2.24) is 10.6 Å². The Balaban J connectivity index is 0.00000423. The molecule has 0 saturated carbocycles. The molecule has 0 bridgehead atoms. The number of amides is 3. The predicted octanol–water partition coefficient (Wildman–Crippen LogP) is 5.06. The molecule has 9 heteroatoms. The van der Waals surface area contributed by atoms with Crippen molar-refractivity contribution in [2.24, 2.45) is 0 Å². The Morgan fingerprint density at radius 3 is 2.19 bits per heavy atom. The fraction of sp³-hybridized carbons (Fsp3) is 0.235. The highest BCUT2D eigenvalue weighted by molar-refractivity contribution is 6.13. The van der Waals surface area contributed by atoms with Crippen molar-refractivity contribution in [1.29, 1.82) is 0 Å². The number of anilines is 2. The van der Waals surface area contributed by atoms with Crippen LogP contribution in [0.25, 0.3) is 10.8 Å². The molecule has 0 aromatic heterocycles. The maximum Gasteiger partial charge on any atom is 0.258 e. The molecule has 0 spiro atoms. The van der Waals surface area contributed by atoms with Gasteiger partial charge in [0.1, 0.15) is 6.04 Å². The number of halogens is 1. The number of hydrogen-bond acceptors (Lipinski definition) is 5. The SMILES string of the molecule is CN[C@@H](C)C(=O)N[C@H]1CN(C(=O)c2ccc(C(C)=O)cc2)c2ccccc2N(Cc2c(C)ccc3ccccc23)C1=O.Cl. The molecule has 1 aliphatic rings. The van der Waals surface area contributed by atoms with Gasteiger partial charge < -0.3 is 20.4 Å². The number of carbonyl (C=O) groups excluding carboxylic acids is 4. The van der Waals surface area contributed by atoms with Gasteiger partial charge in [0, 0.05) is 11.1 Å². The summed E-state index contributed by atoms with van der Waals surface area (Å²) >= 11 is 0. The van der Waals surface area contributed by atoms with Gasteiger partial charge in [0.2, 0.25) is 5.91 Å². The number of aryl methyl sites for hydroxylation is 1. The molecule has 0 unspecified atom stereocenters. The van der Waals surface area contributed by atoms with Crippen molar-refractivity contribution in [2.75, 3.05) is 23.4 Å². The van der Waals surface area contributed by atoms with Gasteiger partial charge in [-0.3, -0.25) is 19.2 Å². The lowest BCUT2D eigenvalue weighted by molar-refractivity contribution is -0.128. The average Bonchev–Trinajstić information content (AvgIpc) is 3.12. The van der Waals surface area contributed by atoms with Crippen LogP contribution in [0.5, 0.6) is 0 Å². The Labute approximate surface area is 257 Å². The molecule has 0 radical (unpaired) electrons. The normalized spacial score (nSPS) is 15.3. The third-order valence-electron chi connectivity index (χ3n) is 7.91. The largest absolute Gasteiger partial charge is 0.341 e. The van der Waals surface area contributed by atoms with E-state index in [9.17, 15) is 19.2 Å². The monoisotopic (exact) mass is 598 g/mol. The van der Waals surface area contributed by atoms with Gasteiger partial charge in [-0.1, -0.05) is 60.7 Å². The van der Waals surface area contributed by atoms with E-state index < -0.39 is 12.1 Å². The number of para-hydroxylation sites is 2. The summed E-state index contributed by atoms with van der Waals surface area (Å²) in [6, 6.07) is 24.4. The highest BCUT2D eigenvalue weighted by Gasteiger charge is 2.38. The number of fused-ring (bicyclic) bond motifs is 2. The van der Waals surface area contributed by atoms with Crippen LogP contribution in [0, 0.1) is 6.92 Å². The minimum absolute atomic E-state index is 0. The van der Waals surface area contributed by atoms with Crippen LogP contribution >= 0.6 is 12.4 Å². The first-order valence-electron chi connectivity index (χ1n) is 14.0. The van der Waals surface area contributed by atoms with Gasteiger partial charge in [0.05, 0.1) is 30.5 Å². The third-order valence-corrected chi connectivity index (χ3v) is 7.91. The van der Waals surface area contributed by atoms with E-state index in [0.717, 1.165) is 21.9 Å². The second-order valence-corrected chi connectivity index (χ2v) is 10.6. The summed E-state index contributed by atoms with van der Waals surface area (Å²) in [5.74, 6) is -1.09. The van der Waals surface area contributed by atoms with Gasteiger partial charge in [-0.25, -0.2) is 0 Å². The van der Waals surface area contributed by atoms with Crippen molar-refractivity contribution >= 4 is 58.1 Å². The van der Waals surface area contributed by atoms with Gasteiger partial charge in [-0.15, -0.1) is 12.4 Å². The molecule has 0 aliphatic carbocycles. The number of hydrogen-bond donors (Lipinski definition) is 2. The molecule has 222 valence electrons. The lowest BCUT2D eigenvalue weighted by Gasteiger charge is -2.27. The third kappa shape index (κ3) is 6.30. The van der Waals surface area contributed by atoms with E-state index in [2.05, 4.69) is 16.7 Å². The van der Waals surface area contributed by atoms with E-state index in [1.165, 1.54) is 6.92 Å². The van der Waals surface area contributed by atoms with Crippen LogP contribution in [0.1, 0.15) is 45.7 Å². The van der Waals surface area contributed by atoms with Crippen LogP contribution in [-0.4, -0.2) is 49.2 Å². The maximum absolute atomic E-state index is 14.3. The second kappa shape index (κ2) is 13.2. The summed E-state index contributed by atoms with van der Waals surface area (Å²) in [5.41, 5.74) is 4.02. The molecule has 43 heavy (non-hydrogen) atoms. The van der Waals surface area contributed by atoms with E-state index in [1.807, 2.05) is 61.5 Å². The minimum Gasteiger partial charge on any atom is -0.341 e. The van der Waals surface area contributed by atoms with Crippen LogP contribution in [0.15, 0.2) is 84.9 Å². The molecule has 1 aliphatic heterocycles. The molecule has 4 aromatic carbocycles. The number of benzene rings is 4. The van der Waals surface area contributed by atoms with E-state index in [-0.39, 0.29) is 49.0 Å². The van der Waals surface area contributed by atoms with Crippen LogP contribution in [0.4, 0.5) is 11.4 Å². The Morgan fingerprint density at radius 2 is 1.51 bits per heavy atom. The van der Waals surface area contributed by atoms with E-state index in [0.29, 0.717) is 22.5 Å². The summed E-state index contributed by atoms with van der Waals surface area (Å²) < 4.78 is 0. The second-order valence-electron chi connectivity index (χ2n) is 10.6. The zero-order valence-corrected chi connectivity index (χ0v) is 25.4. The summed E-state index contributed by atoms with van der Waals surface area (Å²) in [6.45, 7) is 5.40. The molecule has 0 saturated heterocycles. The first kappa shape index (κ1) is 31.4. The van der Waals surface area contributed by atoms with Crippen molar-refractivity contribution in [3.8, 4) is 0 Å². The number of carbonyl (C=O) groups is 4. The Kier molecular flexibility index (Phi) is 9.63. The van der Waals surface area contributed by atoms with Crippen molar-refractivity contribution in [3.05, 3.63) is 107 Å². The summed E-state index contributed by atoms with van der Waals surface area (Å²) in [7, 11) is 1.67. The Morgan fingerprint density at radius 1 is 0.884 bits per heavy atom. The molecule has 3 amide bonds. The number of ketones is 1. The lowest BCUT2D eigenvalue weighted by atomic mass is 9.99. The Bertz CT molecular complexity index is 1690. The first-order chi connectivity index (χ1) is 20.2. The van der Waals surface area contributed by atoms with Crippen molar-refractivity contribution < 1.29 is 19.2 Å². The van der Waals surface area contributed by atoms with Gasteiger partial charge in [0.25, 0.3) is 11.8 Å². The molecule has 2 atom stereocenters. The maximum atomic E-state index is 14.3. The van der Waals surface area contributed by atoms with Gasteiger partial charge in [0.15, 0.2) is 5.78 Å². The van der Waals surface area contributed by atoms with Crippen LogP contribution in [-0.2, 0) is 16.1 Å². The molecular weight excluding hydrogens is 564 g/mol. The van der Waals surface area contributed by atoms with Gasteiger partial charge >= 0.3 is 0 Å². The smallest absolute Gasteiger partial charge is 0.258 e. The van der Waals surface area contributed by atoms with Gasteiger partial charge in [-0.2, -0.15) is 0 Å². The fourth-order valence-corrected chi connectivity index (χ4v) is 5.29. The molecule has 1 heterocycles. The summed E-state index contributed by atoms with van der Waals surface area (Å²) in [5, 5.41) is 7.90. The molecule has 8 nitrogen and oxygen atoms in total. The first-order valence-corrected chi connectivity index (χ1v) is 14.0. The lowest BCUT2D eigenvalue weighted by Crippen LogP contribution is -2.55. The summed E-state index contributed by atoms with van der Waals surface area (Å²) in [6.07, 6.45) is 0. The minimum atomic E-state index is -1.00. The summed E-state index contributed by atoms with van der Waals surface area (Å²) in [4.78, 5) is 56.4. The predicted molar refractivity (Wildman–Crippen MR) is 172 cm³/mol. The van der Waals surface area contributed by atoms with Crippen LogP contribution in [0.2, 0.25) is 0 Å². The molecule has 4 aromatic rings. The van der Waals surface area contributed by atoms with Crippen LogP contribution < -0.4 is 20.4 Å². The highest BCUT2D eigenvalue weighted by atomic mass is 35.5. The average molecular weight is 599 g/mol. The highest BCUT2D eigenvalue weighted by Crippen LogP contribution is 2.36. The molecule has 5 rings (SSSR count). The number of nitrogens with zero attached hydrogens (tertiary/aromatic N) is 2. The zero-order valence-electron chi connectivity index (χ0n) is 24.6. The van der Waals surface area contributed by atoms with Crippen LogP contribution in [0.3, 0.4) is 0 Å². The van der Waals surface area contributed by atoms with E-state index in [1.54, 1.807) is 48.0 Å². The number of likely N-dealkylation sites (N-methyl/N-ethyl adjacent to an activating group) is 1. The topological polar surface area (TPSA) is 98.8 Å².